The maximum absolute atomic E-state index is 14.4. The molecule has 1 aliphatic carbocycles. The van der Waals surface area contributed by atoms with Gasteiger partial charge in [-0.05, 0) is 50.0 Å². The number of hydrogen-bond acceptors (Lipinski definition) is 10. The van der Waals surface area contributed by atoms with E-state index >= 15 is 0 Å². The summed E-state index contributed by atoms with van der Waals surface area (Å²) < 4.78 is 10.5. The van der Waals surface area contributed by atoms with Gasteiger partial charge >= 0.3 is 12.1 Å². The van der Waals surface area contributed by atoms with Gasteiger partial charge in [-0.2, -0.15) is 0 Å². The molecule has 16 heteroatoms. The zero-order chi connectivity index (χ0) is 41.4. The summed E-state index contributed by atoms with van der Waals surface area (Å²) in [6, 6.07) is 4.02. The Bertz CT molecular complexity index is 1530. The minimum Gasteiger partial charge on any atom is -0.466 e. The highest BCUT2D eigenvalue weighted by Gasteiger charge is 2.47. The van der Waals surface area contributed by atoms with Crippen LogP contribution >= 0.6 is 0 Å². The van der Waals surface area contributed by atoms with Gasteiger partial charge in [0.25, 0.3) is 5.91 Å². The van der Waals surface area contributed by atoms with Crippen molar-refractivity contribution in [2.45, 2.75) is 110 Å². The van der Waals surface area contributed by atoms with Crippen molar-refractivity contribution >= 4 is 47.4 Å². The third-order valence-electron chi connectivity index (χ3n) is 9.99. The van der Waals surface area contributed by atoms with Gasteiger partial charge in [-0.3, -0.25) is 33.6 Å². The standard InChI is InChI=1S/C40H60N6O10/c1-7-15-29(35(49)37(51)41-23-30(47)43-32(38(52)45(5)6)26-16-11-9-12-17-26)42-36(50)34-28(22-31(48)55-8-2)20-21-46(34)39(53)33(27-18-13-10-14-19-27)44-40(54)56-24-25(3)4/h9,11-12,16-17,25,27-29,32-34H,7-8,10,13-15,18-24H2,1-6H3,(H,41,51)(H,42,50)(H,43,47)(H,44,54)/t28-,29?,32?,33+,34+/m1/s1. The van der Waals surface area contributed by atoms with Gasteiger partial charge in [-0.15, -0.1) is 0 Å². The number of esters is 1. The maximum atomic E-state index is 14.4. The molecule has 1 saturated heterocycles. The monoisotopic (exact) mass is 784 g/mol. The van der Waals surface area contributed by atoms with Gasteiger partial charge in [-0.25, -0.2) is 4.79 Å². The molecule has 2 fully saturated rings. The number of likely N-dealkylation sites (tertiary alicyclic amines) is 1. The Balaban J connectivity index is 1.79. The van der Waals surface area contributed by atoms with Crippen LogP contribution in [0.4, 0.5) is 4.79 Å². The van der Waals surface area contributed by atoms with Crippen molar-refractivity contribution in [1.82, 2.24) is 31.1 Å². The van der Waals surface area contributed by atoms with Gasteiger partial charge in [0, 0.05) is 26.6 Å². The number of carbonyl (C=O) groups excluding carboxylic acids is 8. The van der Waals surface area contributed by atoms with Crippen molar-refractivity contribution in [2.24, 2.45) is 17.8 Å². The Hall–Kier alpha value is -5.02. The van der Waals surface area contributed by atoms with Crippen LogP contribution in [0.2, 0.25) is 0 Å². The summed E-state index contributed by atoms with van der Waals surface area (Å²) in [4.78, 5) is 109. The van der Waals surface area contributed by atoms with Crippen LogP contribution in [-0.4, -0.2) is 116 Å². The number of benzene rings is 1. The minimum atomic E-state index is -1.32. The Morgan fingerprint density at radius 3 is 2.16 bits per heavy atom. The molecule has 2 unspecified atom stereocenters. The van der Waals surface area contributed by atoms with Crippen molar-refractivity contribution in [3.63, 3.8) is 0 Å². The lowest BCUT2D eigenvalue weighted by Crippen LogP contribution is -2.59. The molecule has 0 bridgehead atoms. The molecule has 1 aromatic rings. The van der Waals surface area contributed by atoms with E-state index in [9.17, 15) is 38.4 Å². The maximum Gasteiger partial charge on any atom is 0.407 e. The van der Waals surface area contributed by atoms with E-state index in [2.05, 4.69) is 21.3 Å². The van der Waals surface area contributed by atoms with E-state index < -0.39 is 84.0 Å². The van der Waals surface area contributed by atoms with E-state index in [0.29, 0.717) is 24.8 Å². The van der Waals surface area contributed by atoms with Crippen LogP contribution in [0.25, 0.3) is 0 Å². The second kappa shape index (κ2) is 22.5. The molecule has 1 saturated carbocycles. The molecule has 6 amide bonds. The first-order chi connectivity index (χ1) is 26.7. The first-order valence-corrected chi connectivity index (χ1v) is 19.8. The lowest BCUT2D eigenvalue weighted by atomic mass is 9.83. The zero-order valence-corrected chi connectivity index (χ0v) is 33.6. The topological polar surface area (TPSA) is 210 Å². The molecule has 16 nitrogen and oxygen atoms in total. The van der Waals surface area contributed by atoms with Gasteiger partial charge < -0.3 is 40.5 Å². The highest BCUT2D eigenvalue weighted by Crippen LogP contribution is 2.33. The Kier molecular flexibility index (Phi) is 18.2. The van der Waals surface area contributed by atoms with Crippen LogP contribution in [-0.2, 0) is 43.0 Å². The smallest absolute Gasteiger partial charge is 0.407 e. The fourth-order valence-corrected chi connectivity index (χ4v) is 7.17. The molecule has 1 aromatic carbocycles. The third kappa shape index (κ3) is 13.3. The molecular formula is C40H60N6O10. The molecule has 1 heterocycles. The number of hydrogen-bond donors (Lipinski definition) is 4. The number of alkyl carbamates (subject to hydrolysis) is 1. The first kappa shape index (κ1) is 45.4. The predicted molar refractivity (Wildman–Crippen MR) is 205 cm³/mol. The highest BCUT2D eigenvalue weighted by molar-refractivity contribution is 6.38. The first-order valence-electron chi connectivity index (χ1n) is 19.8. The van der Waals surface area contributed by atoms with Gasteiger partial charge in [0.2, 0.25) is 29.4 Å². The second-order valence-corrected chi connectivity index (χ2v) is 15.1. The molecule has 310 valence electrons. The summed E-state index contributed by atoms with van der Waals surface area (Å²) in [5, 5.41) is 10.3. The fourth-order valence-electron chi connectivity index (χ4n) is 7.17. The molecular weight excluding hydrogens is 724 g/mol. The molecule has 2 aliphatic rings. The van der Waals surface area contributed by atoms with Crippen molar-refractivity contribution in [3.8, 4) is 0 Å². The molecule has 3 rings (SSSR count). The second-order valence-electron chi connectivity index (χ2n) is 15.1. The molecule has 5 atom stereocenters. The summed E-state index contributed by atoms with van der Waals surface area (Å²) in [7, 11) is 3.09. The lowest BCUT2D eigenvalue weighted by molar-refractivity contribution is -0.147. The number of likely N-dealkylation sites (N-methyl/N-ethyl adjacent to an activating group) is 1. The SMILES string of the molecule is CCCC(NC(=O)[C@@H]1[C@@H](CC(=O)OCC)CCN1C(=O)[C@@H](NC(=O)OCC(C)C)C1CCCCC1)C(=O)C(=O)NCC(=O)NC(C(=O)N(C)C)c1ccccc1. The molecule has 4 N–H and O–H groups in total. The summed E-state index contributed by atoms with van der Waals surface area (Å²) in [5.74, 6) is -5.83. The number of ether oxygens (including phenoxy) is 2. The summed E-state index contributed by atoms with van der Waals surface area (Å²) in [6.07, 6.45) is 3.96. The average molecular weight is 785 g/mol. The van der Waals surface area contributed by atoms with E-state index in [1.807, 2.05) is 13.8 Å². The van der Waals surface area contributed by atoms with Crippen LogP contribution in [0.1, 0.15) is 97.1 Å². The number of nitrogens with zero attached hydrogens (tertiary/aromatic N) is 2. The molecule has 0 aromatic heterocycles. The average Bonchev–Trinajstić information content (AvgIpc) is 3.60. The molecule has 56 heavy (non-hydrogen) atoms. The van der Waals surface area contributed by atoms with Crippen LogP contribution in [0.5, 0.6) is 0 Å². The Morgan fingerprint density at radius 2 is 1.55 bits per heavy atom. The van der Waals surface area contributed by atoms with Crippen LogP contribution in [0, 0.1) is 17.8 Å². The Morgan fingerprint density at radius 1 is 0.875 bits per heavy atom. The van der Waals surface area contributed by atoms with Crippen molar-refractivity contribution in [1.29, 1.82) is 0 Å². The van der Waals surface area contributed by atoms with E-state index in [1.54, 1.807) is 58.3 Å². The number of ketones is 1. The van der Waals surface area contributed by atoms with Gasteiger partial charge in [0.05, 0.1) is 32.2 Å². The third-order valence-corrected chi connectivity index (χ3v) is 9.99. The highest BCUT2D eigenvalue weighted by atomic mass is 16.5. The molecule has 0 radical (unpaired) electrons. The van der Waals surface area contributed by atoms with E-state index in [1.165, 1.54) is 9.80 Å². The quantitative estimate of drug-likeness (QED) is 0.119. The summed E-state index contributed by atoms with van der Waals surface area (Å²) >= 11 is 0. The predicted octanol–water partition coefficient (Wildman–Crippen LogP) is 2.40. The normalized spacial score (nSPS) is 18.5. The number of carbonyl (C=O) groups is 8. The fraction of sp³-hybridized carbons (Fsp3) is 0.650. The number of nitrogens with one attached hydrogen (secondary N) is 4. The zero-order valence-electron chi connectivity index (χ0n) is 33.6. The lowest BCUT2D eigenvalue weighted by Gasteiger charge is -2.35. The van der Waals surface area contributed by atoms with E-state index in [-0.39, 0.29) is 50.9 Å². The minimum absolute atomic E-state index is 0.0642. The van der Waals surface area contributed by atoms with Gasteiger partial charge in [0.1, 0.15) is 18.1 Å². The van der Waals surface area contributed by atoms with Gasteiger partial charge in [-0.1, -0.05) is 76.8 Å². The van der Waals surface area contributed by atoms with Crippen molar-refractivity contribution in [2.75, 3.05) is 40.4 Å². The number of rotatable bonds is 19. The summed E-state index contributed by atoms with van der Waals surface area (Å²) in [6.45, 7) is 6.97. The number of amides is 6. The molecule has 0 spiro atoms. The van der Waals surface area contributed by atoms with Crippen LogP contribution in [0.15, 0.2) is 30.3 Å². The van der Waals surface area contributed by atoms with Gasteiger partial charge in [0.15, 0.2) is 0 Å². The van der Waals surface area contributed by atoms with E-state index in [4.69, 9.17) is 9.47 Å². The summed E-state index contributed by atoms with van der Waals surface area (Å²) in [5.41, 5.74) is 0.528. The van der Waals surface area contributed by atoms with Crippen molar-refractivity contribution < 1.29 is 47.8 Å². The van der Waals surface area contributed by atoms with E-state index in [0.717, 1.165) is 19.3 Å². The Labute approximate surface area is 329 Å². The number of Topliss-reactive ketones (excluding diaryl/α,β-unsaturated/α-hetero) is 1. The van der Waals surface area contributed by atoms with Crippen LogP contribution < -0.4 is 21.3 Å². The van der Waals surface area contributed by atoms with Crippen LogP contribution in [0.3, 0.4) is 0 Å². The van der Waals surface area contributed by atoms with Crippen molar-refractivity contribution in [3.05, 3.63) is 35.9 Å². The largest absolute Gasteiger partial charge is 0.466 e. The molecule has 1 aliphatic heterocycles.